The quantitative estimate of drug-likeness (QED) is 0.853. The predicted octanol–water partition coefficient (Wildman–Crippen LogP) is 3.27. The monoisotopic (exact) mass is 346 g/mol. The lowest BCUT2D eigenvalue weighted by molar-refractivity contribution is -0.120. The van der Waals surface area contributed by atoms with Crippen LogP contribution in [0.5, 0.6) is 5.75 Å². The highest BCUT2D eigenvalue weighted by molar-refractivity contribution is 6.00. The summed E-state index contributed by atoms with van der Waals surface area (Å²) in [5, 5.41) is 2.70. The molecule has 2 amide bonds. The topological polar surface area (TPSA) is 67.9 Å². The van der Waals surface area contributed by atoms with Crippen molar-refractivity contribution < 1.29 is 19.1 Å². The number of ether oxygens (including phenoxy) is 2. The number of methoxy groups -OCH3 is 1. The first-order valence-corrected chi connectivity index (χ1v) is 8.41. The van der Waals surface area contributed by atoms with Crippen LogP contribution in [-0.4, -0.2) is 37.3 Å². The highest BCUT2D eigenvalue weighted by atomic mass is 16.6. The van der Waals surface area contributed by atoms with Crippen LogP contribution < -0.4 is 15.0 Å². The maximum atomic E-state index is 13.0. The van der Waals surface area contributed by atoms with Crippen molar-refractivity contribution in [2.75, 3.05) is 18.6 Å². The number of hydrogen-bond acceptors (Lipinski definition) is 4. The third-order valence-corrected chi connectivity index (χ3v) is 3.71. The number of nitrogens with one attached hydrogen (secondary N) is 1. The molecule has 1 aromatic carbocycles. The van der Waals surface area contributed by atoms with Gasteiger partial charge in [0.25, 0.3) is 0 Å². The van der Waals surface area contributed by atoms with Gasteiger partial charge in [-0.3, -0.25) is 4.79 Å². The molecule has 136 valence electrons. The van der Waals surface area contributed by atoms with E-state index < -0.39 is 17.7 Å². The van der Waals surface area contributed by atoms with E-state index in [0.717, 1.165) is 0 Å². The predicted molar refractivity (Wildman–Crippen MR) is 96.9 cm³/mol. The second-order valence-corrected chi connectivity index (χ2v) is 6.87. The van der Waals surface area contributed by atoms with Gasteiger partial charge in [-0.1, -0.05) is 24.3 Å². The number of amides is 2. The van der Waals surface area contributed by atoms with Gasteiger partial charge in [-0.25, -0.2) is 4.79 Å². The molecule has 25 heavy (non-hydrogen) atoms. The Hall–Kier alpha value is -2.50. The van der Waals surface area contributed by atoms with Crippen LogP contribution in [0.4, 0.5) is 10.5 Å². The SMILES string of the molecule is COc1ccccc1N1CC=CCC[C@H](NC(=O)OC(C)(C)C)C1=O. The van der Waals surface area contributed by atoms with E-state index in [1.807, 2.05) is 30.4 Å². The average molecular weight is 346 g/mol. The minimum Gasteiger partial charge on any atom is -0.495 e. The fourth-order valence-electron chi connectivity index (χ4n) is 2.62. The molecule has 0 aromatic heterocycles. The molecular formula is C19H26N2O4. The molecule has 1 aliphatic heterocycles. The number of hydrogen-bond donors (Lipinski definition) is 1. The van der Waals surface area contributed by atoms with E-state index in [1.165, 1.54) is 0 Å². The van der Waals surface area contributed by atoms with E-state index >= 15 is 0 Å². The fraction of sp³-hybridized carbons (Fsp3) is 0.474. The number of carbonyl (C=O) groups is 2. The van der Waals surface area contributed by atoms with Crippen LogP contribution in [0.1, 0.15) is 33.6 Å². The van der Waals surface area contributed by atoms with Crippen LogP contribution in [0, 0.1) is 0 Å². The molecule has 6 heteroatoms. The summed E-state index contributed by atoms with van der Waals surface area (Å²) in [6.45, 7) is 5.79. The second kappa shape index (κ2) is 8.05. The summed E-state index contributed by atoms with van der Waals surface area (Å²) in [5.41, 5.74) is 0.0642. The van der Waals surface area contributed by atoms with E-state index in [9.17, 15) is 9.59 Å². The number of rotatable bonds is 3. The normalized spacial score (nSPS) is 18.3. The Labute approximate surface area is 148 Å². The summed E-state index contributed by atoms with van der Waals surface area (Å²) in [6, 6.07) is 6.69. The van der Waals surface area contributed by atoms with Crippen LogP contribution in [-0.2, 0) is 9.53 Å². The van der Waals surface area contributed by atoms with Crippen molar-refractivity contribution in [1.82, 2.24) is 5.32 Å². The van der Waals surface area contributed by atoms with Crippen molar-refractivity contribution in [1.29, 1.82) is 0 Å². The zero-order valence-electron chi connectivity index (χ0n) is 15.2. The van der Waals surface area contributed by atoms with E-state index in [0.29, 0.717) is 30.8 Å². The maximum absolute atomic E-state index is 13.0. The van der Waals surface area contributed by atoms with E-state index in [1.54, 1.807) is 38.8 Å². The molecule has 1 aliphatic rings. The molecule has 1 aromatic rings. The summed E-state index contributed by atoms with van der Waals surface area (Å²) in [6.07, 6.45) is 4.61. The first-order chi connectivity index (χ1) is 11.8. The van der Waals surface area contributed by atoms with Crippen molar-refractivity contribution in [2.24, 2.45) is 0 Å². The maximum Gasteiger partial charge on any atom is 0.408 e. The average Bonchev–Trinajstić information content (AvgIpc) is 2.53. The van der Waals surface area contributed by atoms with Crippen LogP contribution in [0.2, 0.25) is 0 Å². The smallest absolute Gasteiger partial charge is 0.408 e. The fourth-order valence-corrected chi connectivity index (χ4v) is 2.62. The van der Waals surface area contributed by atoms with Gasteiger partial charge in [-0.2, -0.15) is 0 Å². The Morgan fingerprint density at radius 2 is 1.96 bits per heavy atom. The van der Waals surface area contributed by atoms with Crippen molar-refractivity contribution in [3.63, 3.8) is 0 Å². The molecule has 0 saturated carbocycles. The largest absolute Gasteiger partial charge is 0.495 e. The molecule has 0 bridgehead atoms. The van der Waals surface area contributed by atoms with Gasteiger partial charge in [0.15, 0.2) is 0 Å². The summed E-state index contributed by atoms with van der Waals surface area (Å²) in [5.74, 6) is 0.431. The van der Waals surface area contributed by atoms with Gasteiger partial charge in [0.2, 0.25) is 5.91 Å². The molecule has 0 saturated heterocycles. The number of benzene rings is 1. The van der Waals surface area contributed by atoms with E-state index in [4.69, 9.17) is 9.47 Å². The Balaban J connectivity index is 2.23. The van der Waals surface area contributed by atoms with Crippen LogP contribution >= 0.6 is 0 Å². The standard InChI is InChI=1S/C19H26N2O4/c1-19(2,3)25-18(23)20-14-10-6-5-9-13-21(17(14)22)15-11-7-8-12-16(15)24-4/h5,7-9,11-12,14H,6,10,13H2,1-4H3,(H,20,23)/t14-/m0/s1. The summed E-state index contributed by atoms with van der Waals surface area (Å²) in [7, 11) is 1.57. The minimum absolute atomic E-state index is 0.181. The van der Waals surface area contributed by atoms with Gasteiger partial charge in [0.05, 0.1) is 12.8 Å². The first kappa shape index (κ1) is 18.8. The molecule has 0 unspecified atom stereocenters. The Morgan fingerprint density at radius 1 is 1.24 bits per heavy atom. The summed E-state index contributed by atoms with van der Waals surface area (Å²) in [4.78, 5) is 26.7. The van der Waals surface area contributed by atoms with Gasteiger partial charge in [0, 0.05) is 6.54 Å². The van der Waals surface area contributed by atoms with Crippen molar-refractivity contribution in [3.05, 3.63) is 36.4 Å². The van der Waals surface area contributed by atoms with Crippen molar-refractivity contribution in [3.8, 4) is 5.75 Å². The van der Waals surface area contributed by atoms with Gasteiger partial charge in [-0.05, 0) is 45.7 Å². The van der Waals surface area contributed by atoms with Gasteiger partial charge in [0.1, 0.15) is 17.4 Å². The Morgan fingerprint density at radius 3 is 2.64 bits per heavy atom. The third-order valence-electron chi connectivity index (χ3n) is 3.71. The number of para-hydroxylation sites is 2. The Kier molecular flexibility index (Phi) is 6.07. The first-order valence-electron chi connectivity index (χ1n) is 8.41. The third kappa shape index (κ3) is 5.24. The molecule has 0 aliphatic carbocycles. The number of carbonyl (C=O) groups excluding carboxylic acids is 2. The lowest BCUT2D eigenvalue weighted by Crippen LogP contribution is -2.50. The molecule has 0 radical (unpaired) electrons. The zero-order valence-corrected chi connectivity index (χ0v) is 15.2. The van der Waals surface area contributed by atoms with Crippen LogP contribution in [0.3, 0.4) is 0 Å². The van der Waals surface area contributed by atoms with Crippen molar-refractivity contribution in [2.45, 2.75) is 45.3 Å². The highest BCUT2D eigenvalue weighted by Gasteiger charge is 2.30. The molecule has 6 nitrogen and oxygen atoms in total. The summed E-state index contributed by atoms with van der Waals surface area (Å²) < 4.78 is 10.7. The van der Waals surface area contributed by atoms with Gasteiger partial charge >= 0.3 is 6.09 Å². The molecule has 1 heterocycles. The van der Waals surface area contributed by atoms with Crippen LogP contribution in [0.25, 0.3) is 0 Å². The summed E-state index contributed by atoms with van der Waals surface area (Å²) >= 11 is 0. The molecule has 0 spiro atoms. The lowest BCUT2D eigenvalue weighted by Gasteiger charge is -2.30. The zero-order chi connectivity index (χ0) is 18.4. The molecule has 1 N–H and O–H groups in total. The van der Waals surface area contributed by atoms with Gasteiger partial charge < -0.3 is 19.7 Å². The van der Waals surface area contributed by atoms with Gasteiger partial charge in [-0.15, -0.1) is 0 Å². The number of nitrogens with zero attached hydrogens (tertiary/aromatic N) is 1. The number of allylic oxidation sites excluding steroid dienone is 1. The number of anilines is 1. The molecule has 2 rings (SSSR count). The number of alkyl carbamates (subject to hydrolysis) is 1. The lowest BCUT2D eigenvalue weighted by atomic mass is 10.1. The minimum atomic E-state index is -0.648. The second-order valence-electron chi connectivity index (χ2n) is 6.87. The molecular weight excluding hydrogens is 320 g/mol. The van der Waals surface area contributed by atoms with E-state index in [2.05, 4.69) is 5.32 Å². The Bertz CT molecular complexity index is 649. The molecule has 1 atom stereocenters. The highest BCUT2D eigenvalue weighted by Crippen LogP contribution is 2.29. The van der Waals surface area contributed by atoms with Crippen LogP contribution in [0.15, 0.2) is 36.4 Å². The van der Waals surface area contributed by atoms with E-state index in [-0.39, 0.29) is 5.91 Å². The van der Waals surface area contributed by atoms with Crippen molar-refractivity contribution >= 4 is 17.7 Å². The molecule has 0 fully saturated rings.